The lowest BCUT2D eigenvalue weighted by Crippen LogP contribution is -2.43. The van der Waals surface area contributed by atoms with E-state index in [1.807, 2.05) is 6.92 Å². The third-order valence-electron chi connectivity index (χ3n) is 4.42. The second-order valence-electron chi connectivity index (χ2n) is 6.03. The maximum atomic E-state index is 5.52. The van der Waals surface area contributed by atoms with E-state index in [9.17, 15) is 0 Å². The first-order chi connectivity index (χ1) is 12.2. The van der Waals surface area contributed by atoms with Crippen molar-refractivity contribution in [2.75, 3.05) is 54.2 Å². The van der Waals surface area contributed by atoms with Crippen molar-refractivity contribution in [3.63, 3.8) is 0 Å². The van der Waals surface area contributed by atoms with Gasteiger partial charge in [0.1, 0.15) is 0 Å². The van der Waals surface area contributed by atoms with E-state index < -0.39 is 8.80 Å². The normalized spacial score (nSPS) is 12.0. The lowest BCUT2D eigenvalue weighted by Gasteiger charge is -2.27. The molecule has 0 amide bonds. The molecule has 0 heterocycles. The zero-order valence-corrected chi connectivity index (χ0v) is 17.3. The highest BCUT2D eigenvalue weighted by Crippen LogP contribution is 2.15. The van der Waals surface area contributed by atoms with Gasteiger partial charge in [0, 0.05) is 53.7 Å². The number of hydrogen-bond acceptors (Lipinski definition) is 5. The van der Waals surface area contributed by atoms with E-state index in [4.69, 9.17) is 18.0 Å². The van der Waals surface area contributed by atoms with Gasteiger partial charge in [-0.3, -0.25) is 0 Å². The molecule has 0 aromatic heterocycles. The lowest BCUT2D eigenvalue weighted by atomic mass is 10.1. The minimum absolute atomic E-state index is 0.785. The lowest BCUT2D eigenvalue weighted by molar-refractivity contribution is 0.118. The Morgan fingerprint density at radius 1 is 0.880 bits per heavy atom. The predicted octanol–water partition coefficient (Wildman–Crippen LogP) is 3.23. The molecule has 0 aliphatic rings. The first kappa shape index (κ1) is 22.3. The Morgan fingerprint density at radius 2 is 1.52 bits per heavy atom. The molecule has 0 unspecified atom stereocenters. The van der Waals surface area contributed by atoms with Crippen LogP contribution in [0.2, 0.25) is 6.04 Å². The van der Waals surface area contributed by atoms with E-state index in [0.29, 0.717) is 0 Å². The Balaban J connectivity index is 2.46. The van der Waals surface area contributed by atoms with Crippen molar-refractivity contribution in [3.05, 3.63) is 35.9 Å². The maximum Gasteiger partial charge on any atom is 0.500 e. The Labute approximate surface area is 154 Å². The molecule has 144 valence electrons. The molecule has 0 N–H and O–H groups in total. The third kappa shape index (κ3) is 8.94. The summed E-state index contributed by atoms with van der Waals surface area (Å²) in [6.45, 7) is 6.77. The highest BCUT2D eigenvalue weighted by Gasteiger charge is 2.36. The van der Waals surface area contributed by atoms with Crippen molar-refractivity contribution in [1.29, 1.82) is 0 Å². The summed E-state index contributed by atoms with van der Waals surface area (Å²) < 4.78 is 22.0. The number of hydrogen-bond donors (Lipinski definition) is 0. The van der Waals surface area contributed by atoms with Gasteiger partial charge in [0.05, 0.1) is 0 Å². The van der Waals surface area contributed by atoms with Crippen LogP contribution in [0.3, 0.4) is 0 Å². The topological polar surface area (TPSA) is 40.2 Å². The molecule has 0 spiro atoms. The monoisotopic (exact) mass is 369 g/mol. The van der Waals surface area contributed by atoms with E-state index in [0.717, 1.165) is 58.2 Å². The van der Waals surface area contributed by atoms with Crippen molar-refractivity contribution in [2.24, 2.45) is 0 Å². The summed E-state index contributed by atoms with van der Waals surface area (Å²) >= 11 is 0. The summed E-state index contributed by atoms with van der Waals surface area (Å²) in [7, 11) is 2.56. The molecule has 0 aliphatic carbocycles. The van der Waals surface area contributed by atoms with Gasteiger partial charge in [-0.25, -0.2) is 0 Å². The van der Waals surface area contributed by atoms with Crippen LogP contribution >= 0.6 is 0 Å². The van der Waals surface area contributed by atoms with Gasteiger partial charge in [0.15, 0.2) is 0 Å². The van der Waals surface area contributed by atoms with E-state index in [1.54, 1.807) is 21.3 Å². The van der Waals surface area contributed by atoms with Gasteiger partial charge in [-0.05, 0) is 38.3 Å². The molecule has 0 saturated carbocycles. The molecule has 5 nitrogen and oxygen atoms in total. The van der Waals surface area contributed by atoms with Crippen LogP contribution in [-0.2, 0) is 24.4 Å². The van der Waals surface area contributed by atoms with E-state index in [-0.39, 0.29) is 0 Å². The SMILES string of the molecule is CCOCCCN(CCC[Si](OC)(OC)OC)CCc1ccccc1. The molecule has 0 fully saturated rings. The van der Waals surface area contributed by atoms with E-state index in [1.165, 1.54) is 5.56 Å². The number of benzene rings is 1. The molecule has 25 heavy (non-hydrogen) atoms. The van der Waals surface area contributed by atoms with E-state index in [2.05, 4.69) is 35.2 Å². The fourth-order valence-electron chi connectivity index (χ4n) is 2.88. The highest BCUT2D eigenvalue weighted by atomic mass is 28.4. The fraction of sp³-hybridized carbons (Fsp3) is 0.684. The zero-order valence-electron chi connectivity index (χ0n) is 16.3. The van der Waals surface area contributed by atoms with Crippen molar-refractivity contribution in [1.82, 2.24) is 4.90 Å². The molecule has 1 rings (SSSR count). The first-order valence-corrected chi connectivity index (χ1v) is 11.1. The summed E-state index contributed by atoms with van der Waals surface area (Å²) in [4.78, 5) is 2.51. The molecule has 0 bridgehead atoms. The zero-order chi connectivity index (χ0) is 18.4. The third-order valence-corrected chi connectivity index (χ3v) is 7.25. The van der Waals surface area contributed by atoms with Crippen molar-refractivity contribution in [3.8, 4) is 0 Å². The van der Waals surface area contributed by atoms with Crippen LogP contribution in [0.1, 0.15) is 25.3 Å². The molecule has 1 aromatic rings. The molecular weight excluding hydrogens is 334 g/mol. The van der Waals surface area contributed by atoms with Crippen molar-refractivity contribution in [2.45, 2.75) is 32.2 Å². The number of nitrogens with zero attached hydrogens (tertiary/aromatic N) is 1. The van der Waals surface area contributed by atoms with E-state index >= 15 is 0 Å². The van der Waals surface area contributed by atoms with Gasteiger partial charge in [-0.15, -0.1) is 0 Å². The standard InChI is InChI=1S/C19H35NO4Si/c1-5-24-17-9-14-20(16-13-19-11-7-6-8-12-19)15-10-18-25(21-2,22-3)23-4/h6-8,11-12H,5,9-10,13-18H2,1-4H3. The van der Waals surface area contributed by atoms with Gasteiger partial charge < -0.3 is 22.9 Å². The molecule has 6 heteroatoms. The average Bonchev–Trinajstić information content (AvgIpc) is 2.67. The second-order valence-corrected chi connectivity index (χ2v) is 9.12. The Kier molecular flexibility index (Phi) is 12.0. The van der Waals surface area contributed by atoms with Gasteiger partial charge in [0.2, 0.25) is 0 Å². The molecule has 0 radical (unpaired) electrons. The summed E-state index contributed by atoms with van der Waals surface area (Å²) in [6.07, 6.45) is 3.13. The smallest absolute Gasteiger partial charge is 0.382 e. The Bertz CT molecular complexity index is 420. The largest absolute Gasteiger partial charge is 0.500 e. The molecular formula is C19H35NO4Si. The molecule has 0 aliphatic heterocycles. The Morgan fingerprint density at radius 3 is 2.12 bits per heavy atom. The molecule has 1 aromatic carbocycles. The average molecular weight is 370 g/mol. The van der Waals surface area contributed by atoms with Crippen molar-refractivity contribution < 1.29 is 18.0 Å². The van der Waals surface area contributed by atoms with Gasteiger partial charge in [-0.1, -0.05) is 30.3 Å². The van der Waals surface area contributed by atoms with Gasteiger partial charge >= 0.3 is 8.80 Å². The number of rotatable bonds is 15. The fourth-order valence-corrected chi connectivity index (χ4v) is 4.58. The first-order valence-electron chi connectivity index (χ1n) is 9.19. The quantitative estimate of drug-likeness (QED) is 0.351. The number of ether oxygens (including phenoxy) is 1. The van der Waals surface area contributed by atoms with Crippen LogP contribution in [0.25, 0.3) is 0 Å². The summed E-state index contributed by atoms with van der Waals surface area (Å²) in [5, 5.41) is 0. The van der Waals surface area contributed by atoms with Crippen LogP contribution in [0.15, 0.2) is 30.3 Å². The van der Waals surface area contributed by atoms with Crippen LogP contribution in [-0.4, -0.2) is 67.9 Å². The minimum atomic E-state index is -2.47. The molecule has 0 atom stereocenters. The second kappa shape index (κ2) is 13.4. The summed E-state index contributed by atoms with van der Waals surface area (Å²) in [5.41, 5.74) is 1.38. The predicted molar refractivity (Wildman–Crippen MR) is 104 cm³/mol. The highest BCUT2D eigenvalue weighted by molar-refractivity contribution is 6.60. The summed E-state index contributed by atoms with van der Waals surface area (Å²) in [6, 6.07) is 11.5. The molecule has 0 saturated heterocycles. The van der Waals surface area contributed by atoms with Gasteiger partial charge in [0.25, 0.3) is 0 Å². The Hall–Kier alpha value is -0.763. The van der Waals surface area contributed by atoms with Gasteiger partial charge in [-0.2, -0.15) is 0 Å². The van der Waals surface area contributed by atoms with Crippen molar-refractivity contribution >= 4 is 8.80 Å². The minimum Gasteiger partial charge on any atom is -0.382 e. The van der Waals surface area contributed by atoms with Crippen LogP contribution in [0.5, 0.6) is 0 Å². The van der Waals surface area contributed by atoms with Crippen LogP contribution in [0.4, 0.5) is 0 Å². The van der Waals surface area contributed by atoms with Crippen LogP contribution in [0, 0.1) is 0 Å². The summed E-state index contributed by atoms with van der Waals surface area (Å²) in [5.74, 6) is 0. The maximum absolute atomic E-state index is 5.52. The van der Waals surface area contributed by atoms with Crippen LogP contribution < -0.4 is 0 Å².